The number of allylic oxidation sites excluding steroid dienone is 2. The predicted molar refractivity (Wildman–Crippen MR) is 206 cm³/mol. The first-order valence-corrected chi connectivity index (χ1v) is 17.8. The average molecular weight is 746 g/mol. The average Bonchev–Trinajstić information content (AvgIpc) is 3.79. The Balaban J connectivity index is 1.32. The zero-order valence-electron chi connectivity index (χ0n) is 27.5. The van der Waals surface area contributed by atoms with E-state index in [-0.39, 0.29) is 6.04 Å². The molecule has 247 valence electrons. The van der Waals surface area contributed by atoms with Crippen molar-refractivity contribution >= 4 is 32.0 Å². The summed E-state index contributed by atoms with van der Waals surface area (Å²) >= 11 is 3.35. The zero-order chi connectivity index (χ0) is 34.1. The molecular weight excluding hydrogens is 713 g/mol. The van der Waals surface area contributed by atoms with Crippen LogP contribution in [0.15, 0.2) is 182 Å². The van der Waals surface area contributed by atoms with Crippen molar-refractivity contribution in [1.82, 2.24) is 19.1 Å². The molecule has 6 heteroatoms. The second kappa shape index (κ2) is 13.3. The number of imidazole rings is 2. The molecular formula is C45H32N5Rh-. The van der Waals surface area contributed by atoms with Crippen LogP contribution in [0.3, 0.4) is 0 Å². The van der Waals surface area contributed by atoms with E-state index in [1.807, 2.05) is 24.3 Å². The van der Waals surface area contributed by atoms with Crippen LogP contribution in [0.1, 0.15) is 5.56 Å². The second-order valence-electron chi connectivity index (χ2n) is 12.4. The molecule has 2 heterocycles. The number of benzene rings is 6. The summed E-state index contributed by atoms with van der Waals surface area (Å²) < 4.78 is 5.53. The van der Waals surface area contributed by atoms with Gasteiger partial charge >= 0.3 is 308 Å². The molecule has 0 fully saturated rings. The van der Waals surface area contributed by atoms with E-state index in [0.29, 0.717) is 0 Å². The maximum atomic E-state index is 5.29. The van der Waals surface area contributed by atoms with Crippen LogP contribution in [0, 0.1) is 6.42 Å². The van der Waals surface area contributed by atoms with Gasteiger partial charge in [-0.05, 0) is 0 Å². The first kappa shape index (κ1) is 30.9. The molecule has 51 heavy (non-hydrogen) atoms. The Bertz CT molecular complexity index is 2450. The summed E-state index contributed by atoms with van der Waals surface area (Å²) in [5.41, 5.74) is 10.2. The number of anilines is 1. The van der Waals surface area contributed by atoms with Crippen molar-refractivity contribution in [3.8, 4) is 34.2 Å². The van der Waals surface area contributed by atoms with Gasteiger partial charge in [0.1, 0.15) is 0 Å². The van der Waals surface area contributed by atoms with Crippen LogP contribution in [0.5, 0.6) is 0 Å². The molecule has 6 aromatic carbocycles. The number of aromatic nitrogens is 4. The SMILES string of the molecule is [Rh]=[C](c1cc(-c2nc3ccccc3n2-c2ccccc2)cc(-c2nc3ccccc3n2-c2ccccc2)c1)N(c1ccccc1)C1C=CC=C[CH-]1. The van der Waals surface area contributed by atoms with Gasteiger partial charge in [0, 0.05) is 0 Å². The molecule has 2 aromatic heterocycles. The summed E-state index contributed by atoms with van der Waals surface area (Å²) in [6, 6.07) is 55.0. The molecule has 0 N–H and O–H groups in total. The minimum atomic E-state index is 0.0209. The van der Waals surface area contributed by atoms with E-state index in [1.165, 1.54) is 0 Å². The maximum absolute atomic E-state index is 5.29. The van der Waals surface area contributed by atoms with Crippen molar-refractivity contribution in [3.05, 3.63) is 194 Å². The van der Waals surface area contributed by atoms with Crippen LogP contribution in [-0.2, 0) is 17.9 Å². The third kappa shape index (κ3) is 5.74. The molecule has 9 rings (SSSR count). The van der Waals surface area contributed by atoms with Crippen molar-refractivity contribution in [1.29, 1.82) is 0 Å². The molecule has 1 aliphatic carbocycles. The molecule has 1 atom stereocenters. The normalized spacial score (nSPS) is 13.8. The first-order valence-electron chi connectivity index (χ1n) is 17.0. The Morgan fingerprint density at radius 2 is 1.06 bits per heavy atom. The zero-order valence-corrected chi connectivity index (χ0v) is 29.2. The standard InChI is InChI=1S/C45H32N5.Rh/c1-5-17-36(18-6-1)48(37-19-7-2-8-20-37)32-33-29-34(44-46-40-25-13-15-27-42(40)49(44)38-21-9-3-10-22-38)31-35(30-33)45-47-41-26-14-16-28-43(41)50(45)39-23-11-4-12-24-39;/h1-31,36H;/q-1;. The Labute approximate surface area is 306 Å². The molecule has 8 aromatic rings. The second-order valence-corrected chi connectivity index (χ2v) is 13.2. The summed E-state index contributed by atoms with van der Waals surface area (Å²) in [4.78, 5) is 12.9. The Morgan fingerprint density at radius 3 is 1.57 bits per heavy atom. The van der Waals surface area contributed by atoms with Crippen LogP contribution < -0.4 is 4.90 Å². The van der Waals surface area contributed by atoms with Gasteiger partial charge in [-0.15, -0.1) is 0 Å². The van der Waals surface area contributed by atoms with E-state index in [2.05, 4.69) is 196 Å². The number of hydrogen-bond acceptors (Lipinski definition) is 3. The quantitative estimate of drug-likeness (QED) is 0.115. The van der Waals surface area contributed by atoms with Gasteiger partial charge in [-0.25, -0.2) is 0 Å². The number of fused-ring (bicyclic) bond motifs is 2. The van der Waals surface area contributed by atoms with E-state index in [1.54, 1.807) is 0 Å². The van der Waals surface area contributed by atoms with Gasteiger partial charge in [0.25, 0.3) is 0 Å². The Morgan fingerprint density at radius 1 is 0.569 bits per heavy atom. The van der Waals surface area contributed by atoms with Crippen molar-refractivity contribution in [2.45, 2.75) is 6.04 Å². The summed E-state index contributed by atoms with van der Waals surface area (Å²) in [6.45, 7) is 0. The van der Waals surface area contributed by atoms with Crippen LogP contribution in [-0.4, -0.2) is 29.4 Å². The molecule has 5 nitrogen and oxygen atoms in total. The molecule has 0 saturated carbocycles. The molecule has 0 spiro atoms. The van der Waals surface area contributed by atoms with E-state index in [0.717, 1.165) is 71.7 Å². The number of rotatable bonds is 8. The third-order valence-electron chi connectivity index (χ3n) is 9.20. The van der Waals surface area contributed by atoms with Gasteiger partial charge in [0.05, 0.1) is 0 Å². The van der Waals surface area contributed by atoms with Crippen LogP contribution in [0.25, 0.3) is 56.2 Å². The van der Waals surface area contributed by atoms with Crippen molar-refractivity contribution in [2.24, 2.45) is 0 Å². The fourth-order valence-corrected chi connectivity index (χ4v) is 7.59. The summed E-state index contributed by atoms with van der Waals surface area (Å²) in [5.74, 6) is 1.72. The predicted octanol–water partition coefficient (Wildman–Crippen LogP) is 9.93. The van der Waals surface area contributed by atoms with Gasteiger partial charge in [0.2, 0.25) is 0 Å². The molecule has 1 unspecified atom stereocenters. The van der Waals surface area contributed by atoms with Gasteiger partial charge in [-0.3, -0.25) is 0 Å². The van der Waals surface area contributed by atoms with Crippen molar-refractivity contribution in [2.75, 3.05) is 4.90 Å². The van der Waals surface area contributed by atoms with Crippen molar-refractivity contribution in [3.63, 3.8) is 0 Å². The number of nitrogens with zero attached hydrogens (tertiary/aromatic N) is 5. The first-order chi connectivity index (χ1) is 25.2. The van der Waals surface area contributed by atoms with Gasteiger partial charge < -0.3 is 0 Å². The topological polar surface area (TPSA) is 38.9 Å². The van der Waals surface area contributed by atoms with Crippen LogP contribution in [0.2, 0.25) is 0 Å². The Kier molecular flexibility index (Phi) is 8.07. The van der Waals surface area contributed by atoms with Gasteiger partial charge in [-0.1, -0.05) is 0 Å². The van der Waals surface area contributed by atoms with E-state index < -0.39 is 0 Å². The summed E-state index contributed by atoms with van der Waals surface area (Å²) in [6.07, 6.45) is 10.7. The minimum absolute atomic E-state index is 0.0209. The molecule has 1 aliphatic rings. The molecule has 0 bridgehead atoms. The summed E-state index contributed by atoms with van der Waals surface area (Å²) in [5, 5.41) is 0. The number of hydrogen-bond donors (Lipinski definition) is 0. The van der Waals surface area contributed by atoms with E-state index in [9.17, 15) is 0 Å². The molecule has 0 aliphatic heterocycles. The van der Waals surface area contributed by atoms with E-state index in [4.69, 9.17) is 9.97 Å². The fraction of sp³-hybridized carbons (Fsp3) is 0.0222. The van der Waals surface area contributed by atoms with Gasteiger partial charge in [0.15, 0.2) is 0 Å². The summed E-state index contributed by atoms with van der Waals surface area (Å²) in [7, 11) is 0. The van der Waals surface area contributed by atoms with Crippen LogP contribution >= 0.6 is 0 Å². The Hall–Kier alpha value is -6.10. The van der Waals surface area contributed by atoms with Crippen molar-refractivity contribution < 1.29 is 17.9 Å². The van der Waals surface area contributed by atoms with E-state index >= 15 is 0 Å². The molecule has 0 saturated heterocycles. The molecule has 0 amide bonds. The fourth-order valence-electron chi connectivity index (χ4n) is 6.90. The molecule has 0 radical (unpaired) electrons. The van der Waals surface area contributed by atoms with Crippen LogP contribution in [0.4, 0.5) is 5.69 Å². The number of para-hydroxylation sites is 7. The van der Waals surface area contributed by atoms with Gasteiger partial charge in [-0.2, -0.15) is 0 Å². The third-order valence-corrected chi connectivity index (χ3v) is 10.1. The monoisotopic (exact) mass is 745 g/mol.